The highest BCUT2D eigenvalue weighted by Crippen LogP contribution is 2.44. The van der Waals surface area contributed by atoms with Crippen LogP contribution in [0.15, 0.2) is 0 Å². The fourth-order valence-corrected chi connectivity index (χ4v) is 2.50. The van der Waals surface area contributed by atoms with Crippen LogP contribution >= 0.6 is 0 Å². The first kappa shape index (κ1) is 8.58. The minimum absolute atomic E-state index is 0.0162. The van der Waals surface area contributed by atoms with Gasteiger partial charge < -0.3 is 9.47 Å². The number of hydrogen-bond donors (Lipinski definition) is 0. The highest BCUT2D eigenvalue weighted by atomic mass is 16.6. The normalized spacial score (nSPS) is 52.7. The van der Waals surface area contributed by atoms with E-state index in [1.807, 2.05) is 0 Å². The molecule has 0 saturated carbocycles. The molecule has 2 fully saturated rings. The van der Waals surface area contributed by atoms with Gasteiger partial charge in [-0.1, -0.05) is 13.8 Å². The van der Waals surface area contributed by atoms with Crippen molar-refractivity contribution in [2.45, 2.75) is 44.4 Å². The van der Waals surface area contributed by atoms with Crippen molar-refractivity contribution >= 4 is 7.85 Å². The average molecular weight is 166 g/mol. The van der Waals surface area contributed by atoms with Gasteiger partial charge in [-0.25, -0.2) is 0 Å². The van der Waals surface area contributed by atoms with Gasteiger partial charge >= 0.3 is 0 Å². The molecule has 0 N–H and O–H groups in total. The Bertz CT molecular complexity index is 185. The summed E-state index contributed by atoms with van der Waals surface area (Å²) in [6.45, 7) is 5.15. The molecule has 2 bridgehead atoms. The van der Waals surface area contributed by atoms with Gasteiger partial charge in [0.05, 0.1) is 11.7 Å². The summed E-state index contributed by atoms with van der Waals surface area (Å²) in [6.07, 6.45) is 2.16. The standard InChI is InChI=1S/C9H15BO2/c1-3-9-4-5-11-7(6(9)2)8(10)12-9/h6-8H,3-5H2,1-2H3/t6?,7?,8?,9-/m0/s1. The minimum Gasteiger partial charge on any atom is -0.378 e. The Morgan fingerprint density at radius 3 is 2.92 bits per heavy atom. The van der Waals surface area contributed by atoms with Crippen molar-refractivity contribution in [3.8, 4) is 0 Å². The van der Waals surface area contributed by atoms with E-state index < -0.39 is 0 Å². The zero-order valence-electron chi connectivity index (χ0n) is 7.75. The van der Waals surface area contributed by atoms with Crippen molar-refractivity contribution < 1.29 is 9.47 Å². The first-order chi connectivity index (χ1) is 5.69. The van der Waals surface area contributed by atoms with E-state index in [-0.39, 0.29) is 17.7 Å². The number of ether oxygens (including phenoxy) is 2. The highest BCUT2D eigenvalue weighted by molar-refractivity contribution is 6.11. The molecular weight excluding hydrogens is 151 g/mol. The van der Waals surface area contributed by atoms with Crippen LogP contribution in [0.1, 0.15) is 26.7 Å². The summed E-state index contributed by atoms with van der Waals surface area (Å²) >= 11 is 0. The summed E-state index contributed by atoms with van der Waals surface area (Å²) in [5, 5.41) is 0. The minimum atomic E-state index is -0.206. The molecule has 2 heterocycles. The fraction of sp³-hybridized carbons (Fsp3) is 1.00. The molecule has 2 radical (unpaired) electrons. The molecular formula is C9H15BO2. The van der Waals surface area contributed by atoms with Crippen LogP contribution in [0.4, 0.5) is 0 Å². The summed E-state index contributed by atoms with van der Waals surface area (Å²) < 4.78 is 11.4. The van der Waals surface area contributed by atoms with E-state index in [9.17, 15) is 0 Å². The Hall–Kier alpha value is -0.0151. The summed E-state index contributed by atoms with van der Waals surface area (Å²) in [4.78, 5) is 0. The zero-order chi connectivity index (χ0) is 8.77. The maximum absolute atomic E-state index is 5.82. The Morgan fingerprint density at radius 2 is 2.33 bits per heavy atom. The third-order valence-electron chi connectivity index (χ3n) is 3.45. The van der Waals surface area contributed by atoms with E-state index >= 15 is 0 Å². The van der Waals surface area contributed by atoms with Crippen LogP contribution in [0, 0.1) is 5.92 Å². The lowest BCUT2D eigenvalue weighted by atomic mass is 9.78. The van der Waals surface area contributed by atoms with Gasteiger partial charge in [-0.2, -0.15) is 0 Å². The molecule has 3 unspecified atom stereocenters. The van der Waals surface area contributed by atoms with Crippen LogP contribution in [0.3, 0.4) is 0 Å². The van der Waals surface area contributed by atoms with Crippen molar-refractivity contribution in [3.05, 3.63) is 0 Å². The lowest BCUT2D eigenvalue weighted by molar-refractivity contribution is -0.0683. The molecule has 2 aliphatic heterocycles. The van der Waals surface area contributed by atoms with Gasteiger partial charge in [0.2, 0.25) is 0 Å². The van der Waals surface area contributed by atoms with Crippen molar-refractivity contribution in [2.24, 2.45) is 5.92 Å². The third-order valence-corrected chi connectivity index (χ3v) is 3.45. The van der Waals surface area contributed by atoms with Gasteiger partial charge in [0.1, 0.15) is 7.85 Å². The molecule has 66 valence electrons. The van der Waals surface area contributed by atoms with E-state index in [0.29, 0.717) is 5.92 Å². The molecule has 2 aliphatic rings. The highest BCUT2D eigenvalue weighted by Gasteiger charge is 2.52. The topological polar surface area (TPSA) is 18.5 Å². The van der Waals surface area contributed by atoms with Crippen molar-refractivity contribution in [2.75, 3.05) is 6.61 Å². The van der Waals surface area contributed by atoms with E-state index in [4.69, 9.17) is 17.3 Å². The van der Waals surface area contributed by atoms with Crippen LogP contribution in [0.2, 0.25) is 0 Å². The Morgan fingerprint density at radius 1 is 1.58 bits per heavy atom. The van der Waals surface area contributed by atoms with Gasteiger partial charge in [0, 0.05) is 24.9 Å². The van der Waals surface area contributed by atoms with Crippen LogP contribution in [0.25, 0.3) is 0 Å². The average Bonchev–Trinajstić information content (AvgIpc) is 2.23. The molecule has 2 rings (SSSR count). The second kappa shape index (κ2) is 2.74. The molecule has 4 atom stereocenters. The predicted octanol–water partition coefficient (Wildman–Crippen LogP) is 1.08. The van der Waals surface area contributed by atoms with Crippen molar-refractivity contribution in [1.82, 2.24) is 0 Å². The molecule has 12 heavy (non-hydrogen) atoms. The molecule has 0 aromatic carbocycles. The number of fused-ring (bicyclic) bond motifs is 2. The Balaban J connectivity index is 2.24. The lowest BCUT2D eigenvalue weighted by Gasteiger charge is -2.36. The monoisotopic (exact) mass is 166 g/mol. The van der Waals surface area contributed by atoms with Crippen LogP contribution in [-0.2, 0) is 9.47 Å². The maximum atomic E-state index is 5.82. The van der Waals surface area contributed by atoms with E-state index in [1.165, 1.54) is 0 Å². The first-order valence-electron chi connectivity index (χ1n) is 4.74. The summed E-state index contributed by atoms with van der Waals surface area (Å²) in [6, 6.07) is -0.206. The molecule has 2 nitrogen and oxygen atoms in total. The smallest absolute Gasteiger partial charge is 0.112 e. The summed E-state index contributed by atoms with van der Waals surface area (Å²) in [7, 11) is 5.82. The van der Waals surface area contributed by atoms with Gasteiger partial charge in [0.25, 0.3) is 0 Å². The number of rotatable bonds is 1. The van der Waals surface area contributed by atoms with Gasteiger partial charge in [0.15, 0.2) is 0 Å². The molecule has 0 amide bonds. The van der Waals surface area contributed by atoms with Crippen LogP contribution in [0.5, 0.6) is 0 Å². The second-order valence-corrected chi connectivity index (χ2v) is 3.87. The molecule has 3 heteroatoms. The predicted molar refractivity (Wildman–Crippen MR) is 47.2 cm³/mol. The quantitative estimate of drug-likeness (QED) is 0.542. The van der Waals surface area contributed by atoms with Crippen LogP contribution in [-0.4, -0.2) is 32.2 Å². The largest absolute Gasteiger partial charge is 0.378 e. The van der Waals surface area contributed by atoms with Gasteiger partial charge in [-0.05, 0) is 6.42 Å². The fourth-order valence-electron chi connectivity index (χ4n) is 2.50. The SMILES string of the molecule is [B]C1O[C@@]2(CC)CCOC1C2C. The Kier molecular flexibility index (Phi) is 1.96. The van der Waals surface area contributed by atoms with Gasteiger partial charge in [-0.3, -0.25) is 0 Å². The van der Waals surface area contributed by atoms with Crippen molar-refractivity contribution in [3.63, 3.8) is 0 Å². The number of hydrogen-bond acceptors (Lipinski definition) is 2. The van der Waals surface area contributed by atoms with E-state index in [2.05, 4.69) is 13.8 Å². The van der Waals surface area contributed by atoms with Crippen molar-refractivity contribution in [1.29, 1.82) is 0 Å². The van der Waals surface area contributed by atoms with Gasteiger partial charge in [-0.15, -0.1) is 0 Å². The zero-order valence-corrected chi connectivity index (χ0v) is 7.75. The second-order valence-electron chi connectivity index (χ2n) is 3.87. The van der Waals surface area contributed by atoms with Crippen LogP contribution < -0.4 is 0 Å². The molecule has 2 saturated heterocycles. The Labute approximate surface area is 75.0 Å². The molecule has 0 aromatic rings. The molecule has 0 aromatic heterocycles. The maximum Gasteiger partial charge on any atom is 0.112 e. The van der Waals surface area contributed by atoms with E-state index in [0.717, 1.165) is 19.4 Å². The summed E-state index contributed by atoms with van der Waals surface area (Å²) in [5.41, 5.74) is 0.0162. The molecule has 0 spiro atoms. The first-order valence-corrected chi connectivity index (χ1v) is 4.74. The van der Waals surface area contributed by atoms with E-state index in [1.54, 1.807) is 0 Å². The third kappa shape index (κ3) is 0.959. The lowest BCUT2D eigenvalue weighted by Crippen LogP contribution is -2.42. The summed E-state index contributed by atoms with van der Waals surface area (Å²) in [5.74, 6) is 0.450. The molecule has 0 aliphatic carbocycles.